The van der Waals surface area contributed by atoms with E-state index in [0.29, 0.717) is 5.52 Å². The summed E-state index contributed by atoms with van der Waals surface area (Å²) < 4.78 is 41.7. The fourth-order valence-electron chi connectivity index (χ4n) is 3.49. The summed E-state index contributed by atoms with van der Waals surface area (Å²) in [6.45, 7) is 0.117. The lowest BCUT2D eigenvalue weighted by Gasteiger charge is -2.34. The molecule has 0 aliphatic carbocycles. The summed E-state index contributed by atoms with van der Waals surface area (Å²) in [4.78, 5) is 30.7. The van der Waals surface area contributed by atoms with Crippen molar-refractivity contribution in [1.29, 1.82) is 0 Å². The van der Waals surface area contributed by atoms with E-state index in [0.717, 1.165) is 10.6 Å². The van der Waals surface area contributed by atoms with Crippen molar-refractivity contribution in [2.45, 2.75) is 11.4 Å². The number of sulfonamides is 1. The SMILES string of the molecule is O=C(Cn1cnc2ccc(F)cc2c1=O)N1CCN(S(=O)(=O)c2cccc(Cl)c2Cl)CC1. The zero-order chi connectivity index (χ0) is 23.0. The van der Waals surface area contributed by atoms with Gasteiger partial charge in [0.2, 0.25) is 15.9 Å². The summed E-state index contributed by atoms with van der Waals surface area (Å²) >= 11 is 12.0. The first-order chi connectivity index (χ1) is 15.2. The van der Waals surface area contributed by atoms with Gasteiger partial charge in [0.25, 0.3) is 5.56 Å². The molecule has 32 heavy (non-hydrogen) atoms. The van der Waals surface area contributed by atoms with Crippen molar-refractivity contribution in [3.05, 3.63) is 68.9 Å². The number of carbonyl (C=O) groups is 1. The fraction of sp³-hybridized carbons (Fsp3) is 0.250. The molecule has 1 fully saturated rings. The average Bonchev–Trinajstić information content (AvgIpc) is 2.78. The number of hydrogen-bond donors (Lipinski definition) is 0. The minimum atomic E-state index is -3.88. The molecule has 168 valence electrons. The van der Waals surface area contributed by atoms with Gasteiger partial charge >= 0.3 is 0 Å². The van der Waals surface area contributed by atoms with E-state index < -0.39 is 21.4 Å². The van der Waals surface area contributed by atoms with Gasteiger partial charge in [0.05, 0.1) is 27.3 Å². The number of aromatic nitrogens is 2. The number of halogens is 3. The van der Waals surface area contributed by atoms with Gasteiger partial charge in [0.1, 0.15) is 17.3 Å². The highest BCUT2D eigenvalue weighted by atomic mass is 35.5. The number of carbonyl (C=O) groups excluding carboxylic acids is 1. The van der Waals surface area contributed by atoms with E-state index in [1.165, 1.54) is 45.9 Å². The summed E-state index contributed by atoms with van der Waals surface area (Å²) in [6.07, 6.45) is 1.24. The van der Waals surface area contributed by atoms with Crippen LogP contribution in [0.3, 0.4) is 0 Å². The zero-order valence-corrected chi connectivity index (χ0v) is 18.9. The molecule has 0 radical (unpaired) electrons. The Morgan fingerprint density at radius 2 is 1.81 bits per heavy atom. The van der Waals surface area contributed by atoms with Crippen LogP contribution >= 0.6 is 23.2 Å². The number of nitrogens with zero attached hydrogens (tertiary/aromatic N) is 4. The molecule has 0 unspecified atom stereocenters. The topological polar surface area (TPSA) is 92.6 Å². The molecule has 0 saturated carbocycles. The maximum Gasteiger partial charge on any atom is 0.261 e. The number of hydrogen-bond acceptors (Lipinski definition) is 5. The van der Waals surface area contributed by atoms with Gasteiger partial charge in [-0.2, -0.15) is 4.31 Å². The second kappa shape index (κ2) is 8.78. The molecule has 1 amide bonds. The Morgan fingerprint density at radius 3 is 2.53 bits per heavy atom. The Balaban J connectivity index is 1.46. The van der Waals surface area contributed by atoms with Crippen LogP contribution < -0.4 is 5.56 Å². The molecule has 1 saturated heterocycles. The van der Waals surface area contributed by atoms with E-state index in [4.69, 9.17) is 23.2 Å². The predicted octanol–water partition coefficient (Wildman–Crippen LogP) is 2.38. The Kier molecular flexibility index (Phi) is 6.22. The normalized spacial score (nSPS) is 15.3. The van der Waals surface area contributed by atoms with Crippen molar-refractivity contribution < 1.29 is 17.6 Å². The van der Waals surface area contributed by atoms with E-state index in [1.54, 1.807) is 0 Å². The lowest BCUT2D eigenvalue weighted by Crippen LogP contribution is -2.51. The van der Waals surface area contributed by atoms with Crippen molar-refractivity contribution in [2.24, 2.45) is 0 Å². The first-order valence-corrected chi connectivity index (χ1v) is 11.7. The zero-order valence-electron chi connectivity index (χ0n) is 16.5. The van der Waals surface area contributed by atoms with Gasteiger partial charge in [-0.3, -0.25) is 14.2 Å². The second-order valence-electron chi connectivity index (χ2n) is 7.18. The summed E-state index contributed by atoms with van der Waals surface area (Å²) in [7, 11) is -3.88. The van der Waals surface area contributed by atoms with Crippen LogP contribution in [0.15, 0.2) is 52.4 Å². The van der Waals surface area contributed by atoms with Gasteiger partial charge in [-0.1, -0.05) is 29.3 Å². The van der Waals surface area contributed by atoms with Crippen LogP contribution in [0.2, 0.25) is 10.0 Å². The van der Waals surface area contributed by atoms with Crippen LogP contribution in [0.4, 0.5) is 4.39 Å². The lowest BCUT2D eigenvalue weighted by atomic mass is 10.2. The standard InChI is InChI=1S/C20H17Cl2FN4O4S/c21-15-2-1-3-17(19(15)22)32(30,31)27-8-6-25(7-9-27)18(28)11-26-12-24-16-5-4-13(23)10-14(16)20(26)29/h1-5,10,12H,6-9,11H2. The Morgan fingerprint density at radius 1 is 1.09 bits per heavy atom. The van der Waals surface area contributed by atoms with Gasteiger partial charge in [-0.15, -0.1) is 0 Å². The highest BCUT2D eigenvalue weighted by Crippen LogP contribution is 2.31. The van der Waals surface area contributed by atoms with Crippen LogP contribution in [0, 0.1) is 5.82 Å². The molecule has 0 bridgehead atoms. The first-order valence-electron chi connectivity index (χ1n) is 9.55. The highest BCUT2D eigenvalue weighted by molar-refractivity contribution is 7.89. The molecule has 1 aromatic heterocycles. The van der Waals surface area contributed by atoms with Gasteiger partial charge in [-0.05, 0) is 30.3 Å². The van der Waals surface area contributed by atoms with Crippen molar-refractivity contribution in [3.8, 4) is 0 Å². The molecule has 8 nitrogen and oxygen atoms in total. The van der Waals surface area contributed by atoms with Crippen molar-refractivity contribution in [2.75, 3.05) is 26.2 Å². The number of rotatable bonds is 4. The molecule has 1 aliphatic rings. The van der Waals surface area contributed by atoms with Crippen molar-refractivity contribution in [1.82, 2.24) is 18.8 Å². The molecule has 12 heteroatoms. The number of fused-ring (bicyclic) bond motifs is 1. The van der Waals surface area contributed by atoms with E-state index in [2.05, 4.69) is 4.98 Å². The maximum atomic E-state index is 13.5. The fourth-order valence-corrected chi connectivity index (χ4v) is 5.65. The van der Waals surface area contributed by atoms with E-state index in [9.17, 15) is 22.4 Å². The summed E-state index contributed by atoms with van der Waals surface area (Å²) in [6, 6.07) is 8.05. The van der Waals surface area contributed by atoms with E-state index in [-0.39, 0.29) is 59.0 Å². The first kappa shape index (κ1) is 22.7. The third-order valence-electron chi connectivity index (χ3n) is 5.22. The molecule has 4 rings (SSSR count). The molecule has 3 aromatic rings. The monoisotopic (exact) mass is 498 g/mol. The molecule has 0 atom stereocenters. The summed E-state index contributed by atoms with van der Waals surface area (Å²) in [5.74, 6) is -0.944. The third-order valence-corrected chi connectivity index (χ3v) is 8.09. The minimum Gasteiger partial charge on any atom is -0.338 e. The Bertz CT molecular complexity index is 1370. The van der Waals surface area contributed by atoms with Gasteiger partial charge in [0, 0.05) is 26.2 Å². The molecule has 0 spiro atoms. The largest absolute Gasteiger partial charge is 0.338 e. The summed E-state index contributed by atoms with van der Waals surface area (Å²) in [5.41, 5.74) is -0.196. The van der Waals surface area contributed by atoms with Crippen LogP contribution in [0.5, 0.6) is 0 Å². The third kappa shape index (κ3) is 4.23. The molecule has 2 aromatic carbocycles. The van der Waals surface area contributed by atoms with Crippen molar-refractivity contribution in [3.63, 3.8) is 0 Å². The van der Waals surface area contributed by atoms with Crippen molar-refractivity contribution >= 4 is 50.0 Å². The number of benzene rings is 2. The van der Waals surface area contributed by atoms with Gasteiger partial charge in [0.15, 0.2) is 0 Å². The minimum absolute atomic E-state index is 0.0488. The van der Waals surface area contributed by atoms with Gasteiger partial charge in [-0.25, -0.2) is 17.8 Å². The second-order valence-corrected chi connectivity index (χ2v) is 9.87. The maximum absolute atomic E-state index is 13.5. The van der Waals surface area contributed by atoms with Crippen LogP contribution in [-0.4, -0.2) is 59.3 Å². The molecule has 1 aliphatic heterocycles. The predicted molar refractivity (Wildman–Crippen MR) is 118 cm³/mol. The number of piperazine rings is 1. The lowest BCUT2D eigenvalue weighted by molar-refractivity contribution is -0.133. The van der Waals surface area contributed by atoms with E-state index in [1.807, 2.05) is 0 Å². The van der Waals surface area contributed by atoms with Crippen LogP contribution in [-0.2, 0) is 21.4 Å². The van der Waals surface area contributed by atoms with Crippen LogP contribution in [0.25, 0.3) is 10.9 Å². The molecular formula is C20H17Cl2FN4O4S. The Labute approximate surface area is 192 Å². The summed E-state index contributed by atoms with van der Waals surface area (Å²) in [5, 5.41) is 0.165. The quantitative estimate of drug-likeness (QED) is 0.550. The Hall–Kier alpha value is -2.53. The average molecular weight is 499 g/mol. The molecule has 2 heterocycles. The molecule has 0 N–H and O–H groups in total. The van der Waals surface area contributed by atoms with Crippen LogP contribution in [0.1, 0.15) is 0 Å². The highest BCUT2D eigenvalue weighted by Gasteiger charge is 2.32. The van der Waals surface area contributed by atoms with E-state index >= 15 is 0 Å². The number of amides is 1. The molecular weight excluding hydrogens is 482 g/mol. The van der Waals surface area contributed by atoms with Gasteiger partial charge < -0.3 is 4.90 Å². The smallest absolute Gasteiger partial charge is 0.261 e.